The van der Waals surface area contributed by atoms with Gasteiger partial charge in [0.15, 0.2) is 11.5 Å². The van der Waals surface area contributed by atoms with Gasteiger partial charge in [-0.1, -0.05) is 18.1 Å². The van der Waals surface area contributed by atoms with E-state index in [1.165, 1.54) is 4.90 Å². The van der Waals surface area contributed by atoms with Crippen LogP contribution in [0.2, 0.25) is 0 Å². The Hall–Kier alpha value is -3.56. The van der Waals surface area contributed by atoms with E-state index in [9.17, 15) is 14.4 Å². The van der Waals surface area contributed by atoms with E-state index in [0.717, 1.165) is 5.56 Å². The van der Waals surface area contributed by atoms with E-state index in [-0.39, 0.29) is 31.1 Å². The van der Waals surface area contributed by atoms with E-state index in [1.54, 1.807) is 30.9 Å². The molecule has 0 radical (unpaired) electrons. The molecule has 34 heavy (non-hydrogen) atoms. The molecule has 10 nitrogen and oxygen atoms in total. The summed E-state index contributed by atoms with van der Waals surface area (Å²) >= 11 is 0. The van der Waals surface area contributed by atoms with Crippen molar-refractivity contribution in [3.05, 3.63) is 40.8 Å². The number of nitrogens with one attached hydrogen (secondary N) is 1. The molecular weight excluding hydrogens is 440 g/mol. The molecule has 3 aliphatic heterocycles. The lowest BCUT2D eigenvalue weighted by Crippen LogP contribution is -2.56. The highest BCUT2D eigenvalue weighted by molar-refractivity contribution is 6.07. The number of imide groups is 1. The molecule has 4 amide bonds. The summed E-state index contributed by atoms with van der Waals surface area (Å²) in [6.45, 7) is 6.73. The van der Waals surface area contributed by atoms with Gasteiger partial charge in [0.2, 0.25) is 6.79 Å². The maximum absolute atomic E-state index is 13.6. The van der Waals surface area contributed by atoms with Crippen molar-refractivity contribution in [3.8, 4) is 11.5 Å². The first kappa shape index (κ1) is 22.2. The molecule has 2 aromatic rings. The maximum Gasteiger partial charge on any atom is 0.325 e. The molecule has 1 atom stereocenters. The average Bonchev–Trinajstić information content (AvgIpc) is 3.51. The highest BCUT2D eigenvalue weighted by Crippen LogP contribution is 2.38. The highest BCUT2D eigenvalue weighted by atomic mass is 16.7. The molecule has 10 heteroatoms. The van der Waals surface area contributed by atoms with Gasteiger partial charge >= 0.3 is 6.03 Å². The van der Waals surface area contributed by atoms with Gasteiger partial charge in [-0.2, -0.15) is 0 Å². The van der Waals surface area contributed by atoms with Gasteiger partial charge < -0.3 is 24.2 Å². The summed E-state index contributed by atoms with van der Waals surface area (Å²) in [6, 6.07) is 5.03. The lowest BCUT2D eigenvalue weighted by Gasteiger charge is -2.40. The molecule has 5 rings (SSSR count). The van der Waals surface area contributed by atoms with Crippen molar-refractivity contribution in [2.45, 2.75) is 52.1 Å². The Morgan fingerprint density at radius 3 is 2.59 bits per heavy atom. The van der Waals surface area contributed by atoms with Crippen molar-refractivity contribution in [2.24, 2.45) is 5.92 Å². The Morgan fingerprint density at radius 2 is 1.91 bits per heavy atom. The van der Waals surface area contributed by atoms with Gasteiger partial charge in [0, 0.05) is 13.1 Å². The zero-order valence-corrected chi connectivity index (χ0v) is 19.6. The Balaban J connectivity index is 1.29. The average molecular weight is 469 g/mol. The lowest BCUT2D eigenvalue weighted by molar-refractivity contribution is -0.134. The second kappa shape index (κ2) is 8.34. The minimum atomic E-state index is -0.967. The molecule has 1 aromatic heterocycles. The third-order valence-electron chi connectivity index (χ3n) is 7.26. The fourth-order valence-electron chi connectivity index (χ4n) is 5.34. The first-order valence-corrected chi connectivity index (χ1v) is 11.6. The normalized spacial score (nSPS) is 22.4. The van der Waals surface area contributed by atoms with Gasteiger partial charge in [-0.25, -0.2) is 4.79 Å². The van der Waals surface area contributed by atoms with Crippen LogP contribution in [0.1, 0.15) is 53.6 Å². The first-order chi connectivity index (χ1) is 16.3. The van der Waals surface area contributed by atoms with E-state index < -0.39 is 11.6 Å². The van der Waals surface area contributed by atoms with Crippen molar-refractivity contribution >= 4 is 17.8 Å². The van der Waals surface area contributed by atoms with Gasteiger partial charge in [-0.05, 0) is 56.7 Å². The number of urea groups is 1. The number of carbonyl (C=O) groups is 3. The third kappa shape index (κ3) is 3.48. The summed E-state index contributed by atoms with van der Waals surface area (Å²) in [5.74, 6) is 1.39. The molecular formula is C24H28N4O6. The van der Waals surface area contributed by atoms with Crippen LogP contribution in [-0.4, -0.2) is 58.2 Å². The summed E-state index contributed by atoms with van der Waals surface area (Å²) < 4.78 is 15.9. The molecule has 0 bridgehead atoms. The predicted molar refractivity (Wildman–Crippen MR) is 119 cm³/mol. The Bertz CT molecular complexity index is 1130. The second-order valence-corrected chi connectivity index (χ2v) is 9.10. The number of hydrogen-bond acceptors (Lipinski definition) is 7. The summed E-state index contributed by atoms with van der Waals surface area (Å²) in [7, 11) is 0. The summed E-state index contributed by atoms with van der Waals surface area (Å²) in [5.41, 5.74) is 0.904. The number of likely N-dealkylation sites (tertiary alicyclic amines) is 1. The van der Waals surface area contributed by atoms with Crippen LogP contribution in [-0.2, 0) is 11.3 Å². The molecule has 1 unspecified atom stereocenters. The minimum absolute atomic E-state index is 0.0653. The molecule has 1 aromatic carbocycles. The van der Waals surface area contributed by atoms with E-state index in [1.807, 2.05) is 13.0 Å². The lowest BCUT2D eigenvalue weighted by atomic mass is 9.75. The number of benzene rings is 1. The van der Waals surface area contributed by atoms with Crippen molar-refractivity contribution in [1.29, 1.82) is 0 Å². The number of amides is 4. The topological polar surface area (TPSA) is 114 Å². The number of aryl methyl sites for hydroxylation is 2. The van der Waals surface area contributed by atoms with Crippen LogP contribution in [0.25, 0.3) is 0 Å². The van der Waals surface area contributed by atoms with Crippen LogP contribution in [0.15, 0.2) is 22.7 Å². The molecule has 1 N–H and O–H groups in total. The number of piperidine rings is 1. The van der Waals surface area contributed by atoms with Crippen LogP contribution in [0.3, 0.4) is 0 Å². The van der Waals surface area contributed by atoms with E-state index in [4.69, 9.17) is 14.0 Å². The molecule has 2 saturated heterocycles. The SMILES string of the molecule is CCC1(C2CCN(C(=O)c3c(C)noc3C)CC2)NC(=O)N(Cc2ccc3c(c2)OCO3)C1=O. The Kier molecular flexibility index (Phi) is 5.45. The number of fused-ring (bicyclic) bond motifs is 1. The quantitative estimate of drug-likeness (QED) is 0.671. The third-order valence-corrected chi connectivity index (χ3v) is 7.26. The molecule has 0 spiro atoms. The molecule has 2 fully saturated rings. The first-order valence-electron chi connectivity index (χ1n) is 11.6. The second-order valence-electron chi connectivity index (χ2n) is 9.10. The van der Waals surface area contributed by atoms with Crippen LogP contribution in [0.4, 0.5) is 4.79 Å². The number of aromatic nitrogens is 1. The summed E-state index contributed by atoms with van der Waals surface area (Å²) in [4.78, 5) is 42.5. The number of carbonyl (C=O) groups excluding carboxylic acids is 3. The molecule has 4 heterocycles. The number of nitrogens with zero attached hydrogens (tertiary/aromatic N) is 3. The van der Waals surface area contributed by atoms with Crippen LogP contribution < -0.4 is 14.8 Å². The number of hydrogen-bond donors (Lipinski definition) is 1. The monoisotopic (exact) mass is 468 g/mol. The number of rotatable bonds is 5. The van der Waals surface area contributed by atoms with Crippen LogP contribution in [0.5, 0.6) is 11.5 Å². The van der Waals surface area contributed by atoms with Gasteiger partial charge in [0.05, 0.1) is 12.2 Å². The van der Waals surface area contributed by atoms with Crippen molar-refractivity contribution in [3.63, 3.8) is 0 Å². The van der Waals surface area contributed by atoms with Gasteiger partial charge in [0.1, 0.15) is 16.9 Å². The largest absolute Gasteiger partial charge is 0.454 e. The van der Waals surface area contributed by atoms with Crippen LogP contribution >= 0.6 is 0 Å². The Labute approximate surface area is 197 Å². The minimum Gasteiger partial charge on any atom is -0.454 e. The summed E-state index contributed by atoms with van der Waals surface area (Å²) in [6.07, 6.45) is 1.72. The fraction of sp³-hybridized carbons (Fsp3) is 0.500. The zero-order valence-electron chi connectivity index (χ0n) is 19.6. The van der Waals surface area contributed by atoms with E-state index in [0.29, 0.717) is 60.9 Å². The molecule has 3 aliphatic rings. The van der Waals surface area contributed by atoms with E-state index in [2.05, 4.69) is 10.5 Å². The standard InChI is InChI=1S/C24H28N4O6/c1-4-24(17-7-9-27(10-8-17)21(29)20-14(2)26-34-15(20)3)22(30)28(23(31)25-24)12-16-5-6-18-19(11-16)33-13-32-18/h5-6,11,17H,4,7-10,12-13H2,1-3H3,(H,25,31). The van der Waals surface area contributed by atoms with Gasteiger partial charge in [0.25, 0.3) is 11.8 Å². The maximum atomic E-state index is 13.6. The van der Waals surface area contributed by atoms with Crippen molar-refractivity contribution in [1.82, 2.24) is 20.3 Å². The molecule has 180 valence electrons. The fourth-order valence-corrected chi connectivity index (χ4v) is 5.34. The molecule has 0 aliphatic carbocycles. The molecule has 0 saturated carbocycles. The Morgan fingerprint density at radius 1 is 1.18 bits per heavy atom. The van der Waals surface area contributed by atoms with E-state index >= 15 is 0 Å². The predicted octanol–water partition coefficient (Wildman–Crippen LogP) is 2.77. The summed E-state index contributed by atoms with van der Waals surface area (Å²) in [5, 5.41) is 6.88. The van der Waals surface area contributed by atoms with Crippen molar-refractivity contribution in [2.75, 3.05) is 19.9 Å². The van der Waals surface area contributed by atoms with Gasteiger partial charge in [-0.15, -0.1) is 0 Å². The van der Waals surface area contributed by atoms with Crippen LogP contribution in [0, 0.1) is 19.8 Å². The van der Waals surface area contributed by atoms with Gasteiger partial charge in [-0.3, -0.25) is 14.5 Å². The smallest absolute Gasteiger partial charge is 0.325 e. The van der Waals surface area contributed by atoms with Crippen molar-refractivity contribution < 1.29 is 28.4 Å². The zero-order chi connectivity index (χ0) is 24.0. The highest BCUT2D eigenvalue weighted by Gasteiger charge is 2.55. The number of ether oxygens (including phenoxy) is 2.